The SMILES string of the molecule is C=CCNC(=O)c1ccccc1NCc1ccc(F)cc1Cl. The summed E-state index contributed by atoms with van der Waals surface area (Å²) in [5.74, 6) is -0.564. The lowest BCUT2D eigenvalue weighted by Gasteiger charge is -2.12. The largest absolute Gasteiger partial charge is 0.380 e. The van der Waals surface area contributed by atoms with E-state index in [1.165, 1.54) is 12.1 Å². The first kappa shape index (κ1) is 16.0. The fourth-order valence-corrected chi connectivity index (χ4v) is 2.18. The van der Waals surface area contributed by atoms with Gasteiger partial charge in [-0.15, -0.1) is 6.58 Å². The first-order chi connectivity index (χ1) is 10.6. The lowest BCUT2D eigenvalue weighted by Crippen LogP contribution is -2.24. The van der Waals surface area contributed by atoms with Crippen LogP contribution in [0.2, 0.25) is 5.02 Å². The van der Waals surface area contributed by atoms with E-state index in [-0.39, 0.29) is 11.7 Å². The molecule has 0 saturated heterocycles. The molecule has 0 saturated carbocycles. The molecule has 0 unspecified atom stereocenters. The summed E-state index contributed by atoms with van der Waals surface area (Å²) in [7, 11) is 0. The van der Waals surface area contributed by atoms with Crippen molar-refractivity contribution in [2.24, 2.45) is 0 Å². The summed E-state index contributed by atoms with van der Waals surface area (Å²) >= 11 is 6.00. The molecule has 0 aliphatic rings. The van der Waals surface area contributed by atoms with Crippen molar-refractivity contribution in [1.82, 2.24) is 5.32 Å². The van der Waals surface area contributed by atoms with Gasteiger partial charge in [0.15, 0.2) is 0 Å². The summed E-state index contributed by atoms with van der Waals surface area (Å²) in [5, 5.41) is 6.24. The molecule has 3 nitrogen and oxygen atoms in total. The van der Waals surface area contributed by atoms with Crippen LogP contribution >= 0.6 is 11.6 Å². The number of benzene rings is 2. The van der Waals surface area contributed by atoms with E-state index in [9.17, 15) is 9.18 Å². The molecule has 0 atom stereocenters. The predicted octanol–water partition coefficient (Wildman–Crippen LogP) is 4.01. The van der Waals surface area contributed by atoms with Crippen LogP contribution in [0.5, 0.6) is 0 Å². The van der Waals surface area contributed by atoms with Gasteiger partial charge in [0.2, 0.25) is 0 Å². The number of carbonyl (C=O) groups is 1. The van der Waals surface area contributed by atoms with Crippen molar-refractivity contribution in [3.05, 3.63) is 77.1 Å². The van der Waals surface area contributed by atoms with Gasteiger partial charge in [-0.1, -0.05) is 35.9 Å². The van der Waals surface area contributed by atoms with E-state index >= 15 is 0 Å². The van der Waals surface area contributed by atoms with Gasteiger partial charge in [-0.05, 0) is 29.8 Å². The summed E-state index contributed by atoms with van der Waals surface area (Å²) in [6.45, 7) is 4.36. The Morgan fingerprint density at radius 2 is 2.05 bits per heavy atom. The maximum Gasteiger partial charge on any atom is 0.253 e. The van der Waals surface area contributed by atoms with Gasteiger partial charge in [-0.3, -0.25) is 4.79 Å². The number of nitrogens with one attached hydrogen (secondary N) is 2. The highest BCUT2D eigenvalue weighted by Gasteiger charge is 2.10. The fraction of sp³-hybridized carbons (Fsp3) is 0.118. The molecule has 2 rings (SSSR count). The molecule has 0 bridgehead atoms. The second-order valence-electron chi connectivity index (χ2n) is 4.63. The molecule has 2 aromatic rings. The first-order valence-electron chi connectivity index (χ1n) is 6.77. The van der Waals surface area contributed by atoms with Crippen LogP contribution in [0.3, 0.4) is 0 Å². The molecular weight excluding hydrogens is 303 g/mol. The van der Waals surface area contributed by atoms with Gasteiger partial charge in [0.25, 0.3) is 5.91 Å². The molecule has 22 heavy (non-hydrogen) atoms. The van der Waals surface area contributed by atoms with Crippen molar-refractivity contribution >= 4 is 23.2 Å². The van der Waals surface area contributed by atoms with Crippen LogP contribution in [-0.2, 0) is 6.54 Å². The van der Waals surface area contributed by atoms with Crippen molar-refractivity contribution in [2.45, 2.75) is 6.54 Å². The van der Waals surface area contributed by atoms with Gasteiger partial charge < -0.3 is 10.6 Å². The molecule has 0 aliphatic carbocycles. The number of rotatable bonds is 6. The number of hydrogen-bond donors (Lipinski definition) is 2. The Hall–Kier alpha value is -2.33. The van der Waals surface area contributed by atoms with Crippen LogP contribution in [0.1, 0.15) is 15.9 Å². The standard InChI is InChI=1S/C17H16ClFN2O/c1-2-9-20-17(22)14-5-3-4-6-16(14)21-11-12-7-8-13(19)10-15(12)18/h2-8,10,21H,1,9,11H2,(H,20,22). The molecule has 114 valence electrons. The maximum atomic E-state index is 13.0. The molecule has 1 amide bonds. The van der Waals surface area contributed by atoms with E-state index in [0.29, 0.717) is 29.4 Å². The van der Waals surface area contributed by atoms with Gasteiger partial charge in [-0.25, -0.2) is 4.39 Å². The second-order valence-corrected chi connectivity index (χ2v) is 5.04. The highest BCUT2D eigenvalue weighted by atomic mass is 35.5. The third kappa shape index (κ3) is 4.09. The van der Waals surface area contributed by atoms with Crippen LogP contribution in [-0.4, -0.2) is 12.5 Å². The van der Waals surface area contributed by atoms with E-state index in [1.54, 1.807) is 30.3 Å². The van der Waals surface area contributed by atoms with Crippen LogP contribution in [0.15, 0.2) is 55.1 Å². The third-order valence-electron chi connectivity index (χ3n) is 3.06. The average molecular weight is 319 g/mol. The lowest BCUT2D eigenvalue weighted by molar-refractivity contribution is 0.0959. The monoisotopic (exact) mass is 318 g/mol. The minimum absolute atomic E-state index is 0.187. The Morgan fingerprint density at radius 1 is 1.27 bits per heavy atom. The normalized spacial score (nSPS) is 10.1. The summed E-state index contributed by atoms with van der Waals surface area (Å²) < 4.78 is 13.0. The van der Waals surface area contributed by atoms with E-state index in [1.807, 2.05) is 6.07 Å². The van der Waals surface area contributed by atoms with E-state index in [0.717, 1.165) is 5.56 Å². The molecule has 0 fully saturated rings. The highest BCUT2D eigenvalue weighted by Crippen LogP contribution is 2.20. The van der Waals surface area contributed by atoms with Gasteiger partial charge in [0, 0.05) is 23.8 Å². The van der Waals surface area contributed by atoms with Crippen molar-refractivity contribution < 1.29 is 9.18 Å². The van der Waals surface area contributed by atoms with Crippen LogP contribution in [0.4, 0.5) is 10.1 Å². The third-order valence-corrected chi connectivity index (χ3v) is 3.41. The summed E-state index contributed by atoms with van der Waals surface area (Å²) in [4.78, 5) is 12.1. The summed E-state index contributed by atoms with van der Waals surface area (Å²) in [5.41, 5.74) is 1.97. The number of carbonyl (C=O) groups excluding carboxylic acids is 1. The molecule has 0 aromatic heterocycles. The Balaban J connectivity index is 2.12. The van der Waals surface area contributed by atoms with Gasteiger partial charge in [0.1, 0.15) is 5.82 Å². The zero-order valence-corrected chi connectivity index (χ0v) is 12.7. The quantitative estimate of drug-likeness (QED) is 0.790. The Morgan fingerprint density at radius 3 is 2.77 bits per heavy atom. The van der Waals surface area contributed by atoms with Gasteiger partial charge in [-0.2, -0.15) is 0 Å². The topological polar surface area (TPSA) is 41.1 Å². The zero-order chi connectivity index (χ0) is 15.9. The minimum atomic E-state index is -0.377. The predicted molar refractivity (Wildman–Crippen MR) is 87.7 cm³/mol. The Labute approximate surface area is 133 Å². The number of anilines is 1. The van der Waals surface area contributed by atoms with E-state index in [4.69, 9.17) is 11.6 Å². The highest BCUT2D eigenvalue weighted by molar-refractivity contribution is 6.31. The number of para-hydroxylation sites is 1. The molecule has 2 aromatic carbocycles. The first-order valence-corrected chi connectivity index (χ1v) is 7.15. The molecule has 2 N–H and O–H groups in total. The summed E-state index contributed by atoms with van der Waals surface area (Å²) in [6, 6.07) is 11.4. The Bertz CT molecular complexity index is 688. The number of amides is 1. The molecular formula is C17H16ClFN2O. The van der Waals surface area contributed by atoms with Crippen LogP contribution in [0, 0.1) is 5.82 Å². The fourth-order valence-electron chi connectivity index (χ4n) is 1.95. The van der Waals surface area contributed by atoms with Crippen LogP contribution < -0.4 is 10.6 Å². The van der Waals surface area contributed by atoms with Crippen LogP contribution in [0.25, 0.3) is 0 Å². The molecule has 0 radical (unpaired) electrons. The maximum absolute atomic E-state index is 13.0. The Kier molecular flexibility index (Phi) is 5.55. The minimum Gasteiger partial charge on any atom is -0.380 e. The van der Waals surface area contributed by atoms with Crippen molar-refractivity contribution in [3.8, 4) is 0 Å². The molecule has 0 spiro atoms. The van der Waals surface area contributed by atoms with Gasteiger partial charge >= 0.3 is 0 Å². The smallest absolute Gasteiger partial charge is 0.253 e. The molecule has 0 heterocycles. The zero-order valence-electron chi connectivity index (χ0n) is 11.9. The van der Waals surface area contributed by atoms with E-state index in [2.05, 4.69) is 17.2 Å². The van der Waals surface area contributed by atoms with Gasteiger partial charge in [0.05, 0.1) is 5.56 Å². The number of hydrogen-bond acceptors (Lipinski definition) is 2. The summed E-state index contributed by atoms with van der Waals surface area (Å²) in [6.07, 6.45) is 1.62. The second kappa shape index (κ2) is 7.61. The van der Waals surface area contributed by atoms with E-state index < -0.39 is 0 Å². The molecule has 5 heteroatoms. The molecule has 0 aliphatic heterocycles. The lowest BCUT2D eigenvalue weighted by atomic mass is 10.1. The van der Waals surface area contributed by atoms with Crippen molar-refractivity contribution in [2.75, 3.05) is 11.9 Å². The average Bonchev–Trinajstić information content (AvgIpc) is 2.52. The number of halogens is 2. The van der Waals surface area contributed by atoms with Crippen molar-refractivity contribution in [3.63, 3.8) is 0 Å². The van der Waals surface area contributed by atoms with Crippen molar-refractivity contribution in [1.29, 1.82) is 0 Å².